The lowest BCUT2D eigenvalue weighted by atomic mass is 10.1. The predicted molar refractivity (Wildman–Crippen MR) is 99.6 cm³/mol. The van der Waals surface area contributed by atoms with E-state index < -0.39 is 28.6 Å². The highest BCUT2D eigenvalue weighted by Crippen LogP contribution is 2.33. The largest absolute Gasteiger partial charge is 0.506 e. The number of hydrogen-bond donors (Lipinski definition) is 1. The minimum atomic E-state index is -0.724. The molecule has 0 aliphatic heterocycles. The van der Waals surface area contributed by atoms with Crippen molar-refractivity contribution in [3.8, 4) is 5.75 Å². The van der Waals surface area contributed by atoms with Crippen LogP contribution in [0.5, 0.6) is 5.75 Å². The molecule has 5 nitrogen and oxygen atoms in total. The molecule has 1 aromatic heterocycles. The van der Waals surface area contributed by atoms with Crippen LogP contribution < -0.4 is 10.5 Å². The maximum Gasteiger partial charge on any atom is 0.267 e. The number of fused-ring (bicyclic) bond motifs is 1. The summed E-state index contributed by atoms with van der Waals surface area (Å²) >= 11 is 6.16. The van der Waals surface area contributed by atoms with Crippen LogP contribution in [0.2, 0.25) is 5.02 Å². The van der Waals surface area contributed by atoms with Gasteiger partial charge in [0.2, 0.25) is 0 Å². The summed E-state index contributed by atoms with van der Waals surface area (Å²) in [5.41, 5.74) is -0.361. The fourth-order valence-corrected chi connectivity index (χ4v) is 3.20. The van der Waals surface area contributed by atoms with Gasteiger partial charge in [-0.2, -0.15) is 0 Å². The van der Waals surface area contributed by atoms with Crippen LogP contribution in [0.1, 0.15) is 17.3 Å². The van der Waals surface area contributed by atoms with Gasteiger partial charge in [-0.3, -0.25) is 9.59 Å². The van der Waals surface area contributed by atoms with Crippen LogP contribution in [0.25, 0.3) is 10.9 Å². The minimum absolute atomic E-state index is 0.186. The fraction of sp³-hybridized carbons (Fsp3) is 0.158. The number of nitrogens with zero attached hydrogens (tertiary/aromatic N) is 2. The predicted octanol–water partition coefficient (Wildman–Crippen LogP) is 3.70. The van der Waals surface area contributed by atoms with E-state index in [1.54, 1.807) is 31.2 Å². The number of aromatic nitrogens is 1. The lowest BCUT2D eigenvalue weighted by Gasteiger charge is -2.22. The normalized spacial score (nSPS) is 10.9. The lowest BCUT2D eigenvalue weighted by molar-refractivity contribution is 0.0984. The number of benzene rings is 2. The smallest absolute Gasteiger partial charge is 0.267 e. The molecule has 0 aliphatic carbocycles. The number of anilines is 1. The standard InChI is InChI=1S/C19H16ClFN2O3/c1-3-23(12-7-4-6-11(21)10-12)19(26)16-17(24)15-13(20)8-5-9-14(15)22(2)18(16)25/h4-10,24H,3H2,1-2H3. The van der Waals surface area contributed by atoms with Crippen LogP contribution in [-0.4, -0.2) is 22.1 Å². The van der Waals surface area contributed by atoms with Crippen molar-refractivity contribution in [2.45, 2.75) is 6.92 Å². The number of carbonyl (C=O) groups excluding carboxylic acids is 1. The van der Waals surface area contributed by atoms with E-state index in [0.717, 1.165) is 0 Å². The van der Waals surface area contributed by atoms with Gasteiger partial charge in [0, 0.05) is 19.3 Å². The minimum Gasteiger partial charge on any atom is -0.506 e. The molecule has 0 spiro atoms. The fourth-order valence-electron chi connectivity index (χ4n) is 2.95. The number of aryl methyl sites for hydroxylation is 1. The first kappa shape index (κ1) is 17.9. The molecule has 1 heterocycles. The van der Waals surface area contributed by atoms with Gasteiger partial charge in [0.15, 0.2) is 0 Å². The van der Waals surface area contributed by atoms with Crippen molar-refractivity contribution in [2.75, 3.05) is 11.4 Å². The van der Waals surface area contributed by atoms with Gasteiger partial charge in [0.1, 0.15) is 17.1 Å². The molecule has 1 N–H and O–H groups in total. The number of amides is 1. The summed E-state index contributed by atoms with van der Waals surface area (Å²) in [6, 6.07) is 10.3. The van der Waals surface area contributed by atoms with Gasteiger partial charge >= 0.3 is 0 Å². The van der Waals surface area contributed by atoms with E-state index >= 15 is 0 Å². The zero-order chi connectivity index (χ0) is 19.0. The van der Waals surface area contributed by atoms with Crippen molar-refractivity contribution < 1.29 is 14.3 Å². The first-order valence-corrected chi connectivity index (χ1v) is 8.32. The van der Waals surface area contributed by atoms with Gasteiger partial charge in [-0.15, -0.1) is 0 Å². The van der Waals surface area contributed by atoms with E-state index in [1.807, 2.05) is 0 Å². The molecule has 0 saturated carbocycles. The third-order valence-electron chi connectivity index (χ3n) is 4.24. The topological polar surface area (TPSA) is 62.5 Å². The molecule has 0 unspecified atom stereocenters. The summed E-state index contributed by atoms with van der Waals surface area (Å²) in [6.45, 7) is 1.88. The molecule has 0 aliphatic rings. The van der Waals surface area contributed by atoms with Crippen molar-refractivity contribution in [1.82, 2.24) is 4.57 Å². The monoisotopic (exact) mass is 374 g/mol. The number of hydrogen-bond acceptors (Lipinski definition) is 3. The Labute approximate surface area is 153 Å². The van der Waals surface area contributed by atoms with Crippen molar-refractivity contribution in [2.24, 2.45) is 7.05 Å². The zero-order valence-electron chi connectivity index (χ0n) is 14.2. The van der Waals surface area contributed by atoms with Crippen molar-refractivity contribution >= 4 is 34.1 Å². The first-order chi connectivity index (χ1) is 12.4. The van der Waals surface area contributed by atoms with Gasteiger partial charge in [-0.25, -0.2) is 4.39 Å². The lowest BCUT2D eigenvalue weighted by Crippen LogP contribution is -2.36. The second kappa shape index (κ2) is 6.80. The van der Waals surface area contributed by atoms with Gasteiger partial charge in [-0.1, -0.05) is 23.7 Å². The summed E-state index contributed by atoms with van der Waals surface area (Å²) in [6.07, 6.45) is 0. The van der Waals surface area contributed by atoms with Gasteiger partial charge in [0.25, 0.3) is 11.5 Å². The molecule has 0 fully saturated rings. The number of aromatic hydroxyl groups is 1. The van der Waals surface area contributed by atoms with E-state index in [-0.39, 0.29) is 17.0 Å². The number of carbonyl (C=O) groups is 1. The average Bonchev–Trinajstić information content (AvgIpc) is 2.60. The SMILES string of the molecule is CCN(C(=O)c1c(O)c2c(Cl)cccc2n(C)c1=O)c1cccc(F)c1. The summed E-state index contributed by atoms with van der Waals surface area (Å²) in [7, 11) is 1.50. The third kappa shape index (κ3) is 2.82. The molecule has 2 aromatic carbocycles. The maximum atomic E-state index is 13.5. The molecule has 134 valence electrons. The quantitative estimate of drug-likeness (QED) is 0.760. The molecule has 7 heteroatoms. The first-order valence-electron chi connectivity index (χ1n) is 7.94. The van der Waals surface area contributed by atoms with Crippen LogP contribution in [0, 0.1) is 5.82 Å². The molecule has 3 rings (SSSR count). The second-order valence-electron chi connectivity index (χ2n) is 5.75. The van der Waals surface area contributed by atoms with Crippen LogP contribution in [0.15, 0.2) is 47.3 Å². The summed E-state index contributed by atoms with van der Waals surface area (Å²) < 4.78 is 14.8. The van der Waals surface area contributed by atoms with E-state index in [4.69, 9.17) is 11.6 Å². The van der Waals surface area contributed by atoms with Crippen LogP contribution in [0.4, 0.5) is 10.1 Å². The molecule has 0 saturated heterocycles. The Morgan fingerprint density at radius 2 is 1.96 bits per heavy atom. The molecule has 0 bridgehead atoms. The Kier molecular flexibility index (Phi) is 4.70. The Morgan fingerprint density at radius 3 is 2.62 bits per heavy atom. The van der Waals surface area contributed by atoms with Crippen LogP contribution in [-0.2, 0) is 7.05 Å². The molecular weight excluding hydrogens is 359 g/mol. The molecule has 26 heavy (non-hydrogen) atoms. The number of pyridine rings is 1. The molecular formula is C19H16ClFN2O3. The summed E-state index contributed by atoms with van der Waals surface area (Å²) in [4.78, 5) is 27.0. The Balaban J connectivity index is 2.26. The third-order valence-corrected chi connectivity index (χ3v) is 4.56. The molecule has 0 atom stereocenters. The summed E-state index contributed by atoms with van der Waals surface area (Å²) in [5.74, 6) is -1.71. The second-order valence-corrected chi connectivity index (χ2v) is 6.16. The van der Waals surface area contributed by atoms with Gasteiger partial charge in [0.05, 0.1) is 15.9 Å². The Hall–Kier alpha value is -2.86. The Morgan fingerprint density at radius 1 is 1.27 bits per heavy atom. The van der Waals surface area contributed by atoms with E-state index in [2.05, 4.69) is 0 Å². The zero-order valence-corrected chi connectivity index (χ0v) is 14.9. The molecule has 3 aromatic rings. The number of halogens is 2. The number of rotatable bonds is 3. The highest BCUT2D eigenvalue weighted by atomic mass is 35.5. The van der Waals surface area contributed by atoms with Crippen LogP contribution >= 0.6 is 11.6 Å². The molecule has 1 amide bonds. The van der Waals surface area contributed by atoms with Crippen molar-refractivity contribution in [3.05, 3.63) is 69.2 Å². The van der Waals surface area contributed by atoms with E-state index in [9.17, 15) is 19.1 Å². The van der Waals surface area contributed by atoms with E-state index in [1.165, 1.54) is 34.7 Å². The van der Waals surface area contributed by atoms with Gasteiger partial charge < -0.3 is 14.6 Å². The highest BCUT2D eigenvalue weighted by molar-refractivity contribution is 6.36. The average molecular weight is 375 g/mol. The molecule has 0 radical (unpaired) electrons. The maximum absolute atomic E-state index is 13.5. The summed E-state index contributed by atoms with van der Waals surface area (Å²) in [5, 5.41) is 11.1. The van der Waals surface area contributed by atoms with Gasteiger partial charge in [-0.05, 0) is 37.3 Å². The highest BCUT2D eigenvalue weighted by Gasteiger charge is 2.26. The van der Waals surface area contributed by atoms with Crippen LogP contribution in [0.3, 0.4) is 0 Å². The Bertz CT molecular complexity index is 1080. The van der Waals surface area contributed by atoms with Crippen molar-refractivity contribution in [3.63, 3.8) is 0 Å². The van der Waals surface area contributed by atoms with Crippen molar-refractivity contribution in [1.29, 1.82) is 0 Å². The van der Waals surface area contributed by atoms with E-state index in [0.29, 0.717) is 11.2 Å².